The molecule has 0 radical (unpaired) electrons. The third-order valence-corrected chi connectivity index (χ3v) is 4.35. The van der Waals surface area contributed by atoms with Crippen molar-refractivity contribution in [2.75, 3.05) is 0 Å². The van der Waals surface area contributed by atoms with E-state index < -0.39 is 6.10 Å². The molecule has 1 atom stereocenters. The standard InChI is InChI=1S/C12H16ClIO/c1-3-8(4-2)12(15)9-5-6-11(14)10(13)7-9/h5-8,12,15H,3-4H2,1-2H3. The van der Waals surface area contributed by atoms with Crippen molar-refractivity contribution in [2.24, 2.45) is 5.92 Å². The van der Waals surface area contributed by atoms with Crippen LogP contribution >= 0.6 is 34.2 Å². The zero-order valence-corrected chi connectivity index (χ0v) is 11.9. The van der Waals surface area contributed by atoms with Crippen molar-refractivity contribution >= 4 is 34.2 Å². The van der Waals surface area contributed by atoms with Gasteiger partial charge in [-0.15, -0.1) is 0 Å². The highest BCUT2D eigenvalue weighted by Gasteiger charge is 2.17. The molecule has 84 valence electrons. The van der Waals surface area contributed by atoms with E-state index in [0.29, 0.717) is 5.92 Å². The van der Waals surface area contributed by atoms with Crippen molar-refractivity contribution < 1.29 is 5.11 Å². The van der Waals surface area contributed by atoms with Crippen molar-refractivity contribution in [1.82, 2.24) is 0 Å². The first-order chi connectivity index (χ1) is 7.10. The minimum absolute atomic E-state index is 0.320. The Bertz CT molecular complexity index is 323. The molecule has 15 heavy (non-hydrogen) atoms. The molecule has 0 fully saturated rings. The summed E-state index contributed by atoms with van der Waals surface area (Å²) in [6, 6.07) is 5.77. The summed E-state index contributed by atoms with van der Waals surface area (Å²) in [6.45, 7) is 4.21. The lowest BCUT2D eigenvalue weighted by Gasteiger charge is -2.20. The molecule has 0 spiro atoms. The van der Waals surface area contributed by atoms with E-state index in [0.717, 1.165) is 27.0 Å². The van der Waals surface area contributed by atoms with Crippen molar-refractivity contribution in [3.63, 3.8) is 0 Å². The molecule has 0 aliphatic rings. The summed E-state index contributed by atoms with van der Waals surface area (Å²) in [7, 11) is 0. The third kappa shape index (κ3) is 3.33. The van der Waals surface area contributed by atoms with Gasteiger partial charge in [0.15, 0.2) is 0 Å². The van der Waals surface area contributed by atoms with Crippen LogP contribution in [0.25, 0.3) is 0 Å². The SMILES string of the molecule is CCC(CC)C(O)c1ccc(I)c(Cl)c1. The lowest BCUT2D eigenvalue weighted by Crippen LogP contribution is -2.10. The smallest absolute Gasteiger partial charge is 0.0818 e. The number of hydrogen-bond donors (Lipinski definition) is 1. The maximum Gasteiger partial charge on any atom is 0.0818 e. The van der Waals surface area contributed by atoms with Gasteiger partial charge < -0.3 is 5.11 Å². The highest BCUT2D eigenvalue weighted by atomic mass is 127. The molecule has 0 heterocycles. The van der Waals surface area contributed by atoms with Gasteiger partial charge in [-0.05, 0) is 46.2 Å². The fourth-order valence-corrected chi connectivity index (χ4v) is 2.23. The van der Waals surface area contributed by atoms with E-state index in [9.17, 15) is 5.11 Å². The summed E-state index contributed by atoms with van der Waals surface area (Å²) in [5.41, 5.74) is 0.925. The molecule has 0 amide bonds. The molecule has 1 N–H and O–H groups in total. The minimum atomic E-state index is -0.394. The van der Waals surface area contributed by atoms with Gasteiger partial charge in [-0.2, -0.15) is 0 Å². The van der Waals surface area contributed by atoms with Gasteiger partial charge >= 0.3 is 0 Å². The normalized spacial score (nSPS) is 13.2. The first-order valence-electron chi connectivity index (χ1n) is 5.23. The van der Waals surface area contributed by atoms with E-state index in [1.54, 1.807) is 0 Å². The molecule has 1 unspecified atom stereocenters. The number of hydrogen-bond acceptors (Lipinski definition) is 1. The van der Waals surface area contributed by atoms with E-state index in [1.807, 2.05) is 18.2 Å². The van der Waals surface area contributed by atoms with Crippen LogP contribution in [0, 0.1) is 9.49 Å². The molecular weight excluding hydrogens is 322 g/mol. The second-order valence-electron chi connectivity index (χ2n) is 3.69. The van der Waals surface area contributed by atoms with E-state index in [4.69, 9.17) is 11.6 Å². The first-order valence-corrected chi connectivity index (χ1v) is 6.68. The Morgan fingerprint density at radius 2 is 1.93 bits per heavy atom. The van der Waals surface area contributed by atoms with Gasteiger partial charge in [-0.25, -0.2) is 0 Å². The van der Waals surface area contributed by atoms with E-state index in [1.165, 1.54) is 0 Å². The number of rotatable bonds is 4. The maximum absolute atomic E-state index is 10.1. The molecule has 1 aromatic carbocycles. The Balaban J connectivity index is 2.90. The van der Waals surface area contributed by atoms with Gasteiger partial charge in [0.1, 0.15) is 0 Å². The molecule has 3 heteroatoms. The molecule has 0 bridgehead atoms. The summed E-state index contributed by atoms with van der Waals surface area (Å²) in [4.78, 5) is 0. The third-order valence-electron chi connectivity index (χ3n) is 2.78. The summed E-state index contributed by atoms with van der Waals surface area (Å²) in [6.07, 6.45) is 1.58. The molecule has 1 aromatic rings. The van der Waals surface area contributed by atoms with Gasteiger partial charge in [0.05, 0.1) is 11.1 Å². The van der Waals surface area contributed by atoms with Crippen LogP contribution in [0.3, 0.4) is 0 Å². The van der Waals surface area contributed by atoms with E-state index in [-0.39, 0.29) is 0 Å². The van der Waals surface area contributed by atoms with Crippen LogP contribution in [0.15, 0.2) is 18.2 Å². The van der Waals surface area contributed by atoms with Crippen LogP contribution < -0.4 is 0 Å². The van der Waals surface area contributed by atoms with Gasteiger partial charge in [0, 0.05) is 3.57 Å². The Morgan fingerprint density at radius 1 is 1.33 bits per heavy atom. The topological polar surface area (TPSA) is 20.2 Å². The van der Waals surface area contributed by atoms with Crippen LogP contribution in [0.5, 0.6) is 0 Å². The second kappa shape index (κ2) is 6.06. The zero-order chi connectivity index (χ0) is 11.4. The van der Waals surface area contributed by atoms with E-state index in [2.05, 4.69) is 36.4 Å². The van der Waals surface area contributed by atoms with Gasteiger partial charge in [0.25, 0.3) is 0 Å². The van der Waals surface area contributed by atoms with Crippen LogP contribution in [-0.4, -0.2) is 5.11 Å². The van der Waals surface area contributed by atoms with E-state index >= 15 is 0 Å². The van der Waals surface area contributed by atoms with Gasteiger partial charge in [-0.1, -0.05) is 44.4 Å². The fraction of sp³-hybridized carbons (Fsp3) is 0.500. The quantitative estimate of drug-likeness (QED) is 0.806. The molecule has 0 saturated carbocycles. The van der Waals surface area contributed by atoms with Gasteiger partial charge in [-0.3, -0.25) is 0 Å². The highest BCUT2D eigenvalue weighted by Crippen LogP contribution is 2.30. The molecule has 0 aliphatic carbocycles. The average molecular weight is 339 g/mol. The van der Waals surface area contributed by atoms with Crippen LogP contribution in [0.4, 0.5) is 0 Å². The largest absolute Gasteiger partial charge is 0.388 e. The predicted molar refractivity (Wildman–Crippen MR) is 73.2 cm³/mol. The van der Waals surface area contributed by atoms with Crippen molar-refractivity contribution in [1.29, 1.82) is 0 Å². The Hall–Kier alpha value is 0.200. The van der Waals surface area contributed by atoms with Crippen LogP contribution in [0.1, 0.15) is 38.4 Å². The first kappa shape index (κ1) is 13.3. The highest BCUT2D eigenvalue weighted by molar-refractivity contribution is 14.1. The second-order valence-corrected chi connectivity index (χ2v) is 5.26. The molecular formula is C12H16ClIO. The predicted octanol–water partition coefficient (Wildman–Crippen LogP) is 4.41. The number of benzene rings is 1. The van der Waals surface area contributed by atoms with Crippen LogP contribution in [-0.2, 0) is 0 Å². The maximum atomic E-state index is 10.1. The Morgan fingerprint density at radius 3 is 2.40 bits per heavy atom. The van der Waals surface area contributed by atoms with Crippen molar-refractivity contribution in [3.05, 3.63) is 32.4 Å². The molecule has 1 rings (SSSR count). The molecule has 0 saturated heterocycles. The molecule has 0 aromatic heterocycles. The van der Waals surface area contributed by atoms with Crippen molar-refractivity contribution in [2.45, 2.75) is 32.8 Å². The Kier molecular flexibility index (Phi) is 5.36. The lowest BCUT2D eigenvalue weighted by molar-refractivity contribution is 0.103. The van der Waals surface area contributed by atoms with Crippen LogP contribution in [0.2, 0.25) is 5.02 Å². The minimum Gasteiger partial charge on any atom is -0.388 e. The summed E-state index contributed by atoms with van der Waals surface area (Å²) >= 11 is 8.22. The number of aliphatic hydroxyl groups excluding tert-OH is 1. The fourth-order valence-electron chi connectivity index (χ4n) is 1.70. The Labute approximate surface area is 110 Å². The average Bonchev–Trinajstić information content (AvgIpc) is 2.23. The van der Waals surface area contributed by atoms with Gasteiger partial charge in [0.2, 0.25) is 0 Å². The summed E-state index contributed by atoms with van der Waals surface area (Å²) in [5, 5.41) is 10.9. The van der Waals surface area contributed by atoms with Crippen molar-refractivity contribution in [3.8, 4) is 0 Å². The molecule has 1 nitrogen and oxygen atoms in total. The lowest BCUT2D eigenvalue weighted by atomic mass is 9.91. The monoisotopic (exact) mass is 338 g/mol. The number of aliphatic hydroxyl groups is 1. The number of halogens is 2. The summed E-state index contributed by atoms with van der Waals surface area (Å²) in [5.74, 6) is 0.320. The summed E-state index contributed by atoms with van der Waals surface area (Å²) < 4.78 is 1.02. The zero-order valence-electron chi connectivity index (χ0n) is 9.00. The molecule has 0 aliphatic heterocycles.